The van der Waals surface area contributed by atoms with Crippen LogP contribution in [0.5, 0.6) is 0 Å². The Kier molecular flexibility index (Phi) is 4.75. The van der Waals surface area contributed by atoms with Crippen LogP contribution in [0.25, 0.3) is 27.8 Å². The van der Waals surface area contributed by atoms with Gasteiger partial charge in [0.15, 0.2) is 0 Å². The van der Waals surface area contributed by atoms with Gasteiger partial charge in [-0.25, -0.2) is 19.9 Å². The molecule has 0 spiro atoms. The molecule has 0 aliphatic heterocycles. The summed E-state index contributed by atoms with van der Waals surface area (Å²) in [4.78, 5) is 18.9. The summed E-state index contributed by atoms with van der Waals surface area (Å²) in [7, 11) is 0. The Hall–Kier alpha value is -2.96. The molecule has 0 radical (unpaired) electrons. The second kappa shape index (κ2) is 7.34. The van der Waals surface area contributed by atoms with E-state index in [0.29, 0.717) is 10.3 Å². The summed E-state index contributed by atoms with van der Waals surface area (Å²) in [6.07, 6.45) is 6.65. The maximum atomic E-state index is 6.02. The number of nitrogens with one attached hydrogen (secondary N) is 1. The zero-order chi connectivity index (χ0) is 18.8. The van der Waals surface area contributed by atoms with E-state index in [0.717, 1.165) is 27.8 Å². The van der Waals surface area contributed by atoms with Crippen LogP contribution in [0.4, 0.5) is 0 Å². The Labute approximate surface area is 164 Å². The van der Waals surface area contributed by atoms with E-state index in [-0.39, 0.29) is 0 Å². The number of H-pyrrole nitrogens is 1. The molecule has 27 heavy (non-hydrogen) atoms. The zero-order valence-corrected chi connectivity index (χ0v) is 15.8. The lowest BCUT2D eigenvalue weighted by atomic mass is 10.2. The number of aromatic nitrogens is 6. The van der Waals surface area contributed by atoms with Crippen molar-refractivity contribution in [2.75, 3.05) is 0 Å². The molecule has 0 aliphatic rings. The van der Waals surface area contributed by atoms with Gasteiger partial charge in [0, 0.05) is 18.1 Å². The van der Waals surface area contributed by atoms with Crippen molar-refractivity contribution in [1.29, 1.82) is 0 Å². The first-order valence-electron chi connectivity index (χ1n) is 8.11. The molecule has 1 N–H and O–H groups in total. The lowest BCUT2D eigenvalue weighted by molar-refractivity contribution is 1.07. The third-order valence-corrected chi connectivity index (χ3v) is 4.65. The first-order valence-corrected chi connectivity index (χ1v) is 8.87. The third kappa shape index (κ3) is 3.49. The molecular weight excluding hydrogens is 383 g/mol. The van der Waals surface area contributed by atoms with E-state index >= 15 is 0 Å². The van der Waals surface area contributed by atoms with Crippen molar-refractivity contribution < 1.29 is 0 Å². The molecule has 5 rings (SSSR count). The normalized spacial score (nSPS) is 10.8. The molecule has 134 valence electrons. The van der Waals surface area contributed by atoms with Gasteiger partial charge in [0.1, 0.15) is 34.3 Å². The first-order chi connectivity index (χ1) is 13.1. The Balaban J connectivity index is 0.000000153. The number of halogens is 2. The molecule has 0 aliphatic carbocycles. The van der Waals surface area contributed by atoms with E-state index in [2.05, 4.69) is 56.1 Å². The van der Waals surface area contributed by atoms with Gasteiger partial charge in [-0.3, -0.25) is 0 Å². The molecule has 8 heteroatoms. The molecule has 0 saturated heterocycles. The fraction of sp³-hybridized carbons (Fsp3) is 0.0526. The van der Waals surface area contributed by atoms with Gasteiger partial charge in [-0.15, -0.1) is 0 Å². The highest BCUT2D eigenvalue weighted by atomic mass is 35.5. The quantitative estimate of drug-likeness (QED) is 0.405. The highest BCUT2D eigenvalue weighted by Crippen LogP contribution is 2.23. The second-order valence-electron chi connectivity index (χ2n) is 5.83. The fourth-order valence-corrected chi connectivity index (χ4v) is 3.06. The Bertz CT molecular complexity index is 1210. The van der Waals surface area contributed by atoms with Crippen LogP contribution in [0.2, 0.25) is 10.3 Å². The van der Waals surface area contributed by atoms with E-state index in [1.807, 2.05) is 22.9 Å². The average molecular weight is 397 g/mol. The lowest BCUT2D eigenvalue weighted by Gasteiger charge is -2.04. The minimum atomic E-state index is 0.487. The molecule has 0 amide bonds. The summed E-state index contributed by atoms with van der Waals surface area (Å²) in [5, 5.41) is 2.71. The van der Waals surface area contributed by atoms with Crippen molar-refractivity contribution in [3.63, 3.8) is 0 Å². The molecular formula is C19H14Cl2N6. The first kappa shape index (κ1) is 17.5. The molecule has 0 unspecified atom stereocenters. The van der Waals surface area contributed by atoms with E-state index in [4.69, 9.17) is 23.2 Å². The Morgan fingerprint density at radius 2 is 1.52 bits per heavy atom. The lowest BCUT2D eigenvalue weighted by Crippen LogP contribution is -1.94. The SMILES string of the molecule is Cc1ccc(-n2ccc3c(Cl)ncnc32)cc1.Clc1ncnc2[nH]ccc12. The van der Waals surface area contributed by atoms with Crippen LogP contribution < -0.4 is 0 Å². The van der Waals surface area contributed by atoms with Gasteiger partial charge in [0.05, 0.1) is 10.8 Å². The molecule has 4 aromatic heterocycles. The van der Waals surface area contributed by atoms with Crippen molar-refractivity contribution in [2.24, 2.45) is 0 Å². The number of fused-ring (bicyclic) bond motifs is 2. The highest BCUT2D eigenvalue weighted by molar-refractivity contribution is 6.34. The second-order valence-corrected chi connectivity index (χ2v) is 6.54. The maximum absolute atomic E-state index is 6.02. The van der Waals surface area contributed by atoms with E-state index < -0.39 is 0 Å². The van der Waals surface area contributed by atoms with Crippen LogP contribution in [0.3, 0.4) is 0 Å². The predicted octanol–water partition coefficient (Wildman–Crippen LogP) is 4.99. The molecule has 0 bridgehead atoms. The number of nitrogens with zero attached hydrogens (tertiary/aromatic N) is 5. The summed E-state index contributed by atoms with van der Waals surface area (Å²) in [5.74, 6) is 0. The third-order valence-electron chi connectivity index (χ3n) is 4.05. The van der Waals surface area contributed by atoms with Crippen LogP contribution in [0, 0.1) is 6.92 Å². The van der Waals surface area contributed by atoms with Crippen molar-refractivity contribution in [3.05, 3.63) is 77.3 Å². The van der Waals surface area contributed by atoms with E-state index in [9.17, 15) is 0 Å². The van der Waals surface area contributed by atoms with Crippen LogP contribution in [0.15, 0.2) is 61.4 Å². The van der Waals surface area contributed by atoms with Crippen molar-refractivity contribution >= 4 is 45.3 Å². The minimum absolute atomic E-state index is 0.487. The van der Waals surface area contributed by atoms with Crippen LogP contribution in [0.1, 0.15) is 5.56 Å². The predicted molar refractivity (Wildman–Crippen MR) is 108 cm³/mol. The monoisotopic (exact) mass is 396 g/mol. The number of hydrogen-bond acceptors (Lipinski definition) is 4. The van der Waals surface area contributed by atoms with Gasteiger partial charge in [-0.1, -0.05) is 40.9 Å². The molecule has 0 fully saturated rings. The van der Waals surface area contributed by atoms with Crippen LogP contribution in [-0.4, -0.2) is 29.5 Å². The van der Waals surface area contributed by atoms with Crippen molar-refractivity contribution in [3.8, 4) is 5.69 Å². The number of rotatable bonds is 1. The summed E-state index contributed by atoms with van der Waals surface area (Å²) in [6, 6.07) is 12.0. The van der Waals surface area contributed by atoms with Gasteiger partial charge in [0.25, 0.3) is 0 Å². The molecule has 6 nitrogen and oxygen atoms in total. The summed E-state index contributed by atoms with van der Waals surface area (Å²) < 4.78 is 2.00. The molecule has 4 heterocycles. The molecule has 5 aromatic rings. The Morgan fingerprint density at radius 1 is 0.815 bits per heavy atom. The standard InChI is InChI=1S/C13H10ClN3.C6H4ClN3/c1-9-2-4-10(5-3-9)17-7-6-11-12(14)15-8-16-13(11)17;7-5-4-1-2-8-6(4)10-3-9-5/h2-8H,1H3;1-3H,(H,8,9,10). The largest absolute Gasteiger partial charge is 0.346 e. The Morgan fingerprint density at radius 3 is 2.26 bits per heavy atom. The number of hydrogen-bond donors (Lipinski definition) is 1. The fourth-order valence-electron chi connectivity index (χ4n) is 2.67. The van der Waals surface area contributed by atoms with Crippen molar-refractivity contribution in [1.82, 2.24) is 29.5 Å². The van der Waals surface area contributed by atoms with Gasteiger partial charge < -0.3 is 9.55 Å². The summed E-state index contributed by atoms with van der Waals surface area (Å²) in [6.45, 7) is 2.07. The molecule has 0 saturated carbocycles. The van der Waals surface area contributed by atoms with Crippen LogP contribution >= 0.6 is 23.2 Å². The zero-order valence-electron chi connectivity index (χ0n) is 14.3. The van der Waals surface area contributed by atoms with Gasteiger partial charge in [0.2, 0.25) is 0 Å². The summed E-state index contributed by atoms with van der Waals surface area (Å²) in [5.41, 5.74) is 3.91. The highest BCUT2D eigenvalue weighted by Gasteiger charge is 2.07. The van der Waals surface area contributed by atoms with E-state index in [1.54, 1.807) is 6.20 Å². The van der Waals surface area contributed by atoms with E-state index in [1.165, 1.54) is 18.2 Å². The number of aromatic amines is 1. The average Bonchev–Trinajstić information content (AvgIpc) is 3.31. The number of aryl methyl sites for hydroxylation is 1. The van der Waals surface area contributed by atoms with Gasteiger partial charge >= 0.3 is 0 Å². The minimum Gasteiger partial charge on any atom is -0.346 e. The maximum Gasteiger partial charge on any atom is 0.149 e. The molecule has 0 atom stereocenters. The number of benzene rings is 1. The van der Waals surface area contributed by atoms with Gasteiger partial charge in [-0.05, 0) is 31.2 Å². The smallest absolute Gasteiger partial charge is 0.149 e. The summed E-state index contributed by atoms with van der Waals surface area (Å²) >= 11 is 11.7. The topological polar surface area (TPSA) is 72.3 Å². The van der Waals surface area contributed by atoms with Gasteiger partial charge in [-0.2, -0.15) is 0 Å². The van der Waals surface area contributed by atoms with Crippen LogP contribution in [-0.2, 0) is 0 Å². The van der Waals surface area contributed by atoms with Crippen molar-refractivity contribution in [2.45, 2.75) is 6.92 Å². The molecule has 1 aromatic carbocycles.